The maximum absolute atomic E-state index is 4.84. The van der Waals surface area contributed by atoms with E-state index in [0.29, 0.717) is 6.04 Å². The maximum atomic E-state index is 4.84. The van der Waals surface area contributed by atoms with E-state index in [0.717, 1.165) is 30.9 Å². The molecule has 2 unspecified atom stereocenters. The van der Waals surface area contributed by atoms with Crippen molar-refractivity contribution in [3.63, 3.8) is 0 Å². The highest BCUT2D eigenvalue weighted by molar-refractivity contribution is 5.41. The summed E-state index contributed by atoms with van der Waals surface area (Å²) in [7, 11) is 0. The first-order valence-electron chi connectivity index (χ1n) is 7.68. The number of aromatic nitrogens is 1. The van der Waals surface area contributed by atoms with Crippen molar-refractivity contribution >= 4 is 5.82 Å². The van der Waals surface area contributed by atoms with Crippen LogP contribution in [0.15, 0.2) is 18.2 Å². The fourth-order valence-electron chi connectivity index (χ4n) is 2.87. The summed E-state index contributed by atoms with van der Waals surface area (Å²) in [6, 6.07) is 7.82. The van der Waals surface area contributed by atoms with Gasteiger partial charge in [-0.05, 0) is 50.7 Å². The highest BCUT2D eigenvalue weighted by Gasteiger charge is 2.24. The molecule has 1 aliphatic heterocycles. The minimum atomic E-state index is 0.621. The standard InChI is InChI=1S/C16H25N3/c1-12-6-7-13(2)19(11-12)16-5-3-4-15(18-16)10-17-14-8-9-14/h3-5,12-14,17H,6-11H2,1-2H3. The van der Waals surface area contributed by atoms with Gasteiger partial charge in [-0.2, -0.15) is 0 Å². The van der Waals surface area contributed by atoms with E-state index in [9.17, 15) is 0 Å². The second kappa shape index (κ2) is 5.49. The van der Waals surface area contributed by atoms with Gasteiger partial charge in [-0.15, -0.1) is 0 Å². The van der Waals surface area contributed by atoms with Gasteiger partial charge in [0.25, 0.3) is 0 Å². The van der Waals surface area contributed by atoms with Gasteiger partial charge in [0.1, 0.15) is 5.82 Å². The van der Waals surface area contributed by atoms with Crippen molar-refractivity contribution in [2.75, 3.05) is 11.4 Å². The van der Waals surface area contributed by atoms with Gasteiger partial charge in [-0.3, -0.25) is 0 Å². The number of nitrogens with zero attached hydrogens (tertiary/aromatic N) is 2. The second-order valence-electron chi connectivity index (χ2n) is 6.33. The van der Waals surface area contributed by atoms with Gasteiger partial charge in [0.15, 0.2) is 0 Å². The molecule has 2 atom stereocenters. The molecule has 0 spiro atoms. The van der Waals surface area contributed by atoms with Crippen molar-refractivity contribution in [2.24, 2.45) is 5.92 Å². The lowest BCUT2D eigenvalue weighted by atomic mass is 9.95. The summed E-state index contributed by atoms with van der Waals surface area (Å²) >= 11 is 0. The number of piperidine rings is 1. The molecule has 0 bridgehead atoms. The molecule has 3 rings (SSSR count). The molecule has 1 saturated heterocycles. The minimum absolute atomic E-state index is 0.621. The molecule has 0 radical (unpaired) electrons. The van der Waals surface area contributed by atoms with Crippen LogP contribution in [0.25, 0.3) is 0 Å². The molecule has 2 fully saturated rings. The number of hydrogen-bond donors (Lipinski definition) is 1. The molecule has 1 aromatic heterocycles. The predicted molar refractivity (Wildman–Crippen MR) is 79.3 cm³/mol. The lowest BCUT2D eigenvalue weighted by Gasteiger charge is -2.37. The zero-order chi connectivity index (χ0) is 13.2. The Kier molecular flexibility index (Phi) is 3.74. The van der Waals surface area contributed by atoms with Gasteiger partial charge in [0, 0.05) is 25.2 Å². The van der Waals surface area contributed by atoms with Crippen molar-refractivity contribution in [3.8, 4) is 0 Å². The first-order chi connectivity index (χ1) is 9.22. The smallest absolute Gasteiger partial charge is 0.129 e. The SMILES string of the molecule is CC1CCC(C)N(c2cccc(CNC3CC3)n2)C1. The second-order valence-corrected chi connectivity index (χ2v) is 6.33. The van der Waals surface area contributed by atoms with E-state index in [1.807, 2.05) is 0 Å². The van der Waals surface area contributed by atoms with Crippen LogP contribution in [0.1, 0.15) is 45.2 Å². The van der Waals surface area contributed by atoms with Gasteiger partial charge in [0.2, 0.25) is 0 Å². The lowest BCUT2D eigenvalue weighted by Crippen LogP contribution is -2.41. The molecule has 3 heteroatoms. The summed E-state index contributed by atoms with van der Waals surface area (Å²) in [6.45, 7) is 6.73. The Morgan fingerprint density at radius 1 is 1.21 bits per heavy atom. The Balaban J connectivity index is 1.69. The fourth-order valence-corrected chi connectivity index (χ4v) is 2.87. The van der Waals surface area contributed by atoms with Crippen LogP contribution in [0.3, 0.4) is 0 Å². The van der Waals surface area contributed by atoms with E-state index in [1.165, 1.54) is 31.4 Å². The van der Waals surface area contributed by atoms with Crippen LogP contribution >= 0.6 is 0 Å². The Morgan fingerprint density at radius 2 is 2.05 bits per heavy atom. The largest absolute Gasteiger partial charge is 0.354 e. The van der Waals surface area contributed by atoms with E-state index in [-0.39, 0.29) is 0 Å². The molecule has 1 aromatic rings. The molecule has 3 nitrogen and oxygen atoms in total. The van der Waals surface area contributed by atoms with Crippen LogP contribution in [-0.4, -0.2) is 23.6 Å². The van der Waals surface area contributed by atoms with Gasteiger partial charge in [0.05, 0.1) is 5.69 Å². The van der Waals surface area contributed by atoms with E-state index < -0.39 is 0 Å². The quantitative estimate of drug-likeness (QED) is 0.901. The van der Waals surface area contributed by atoms with Crippen LogP contribution in [-0.2, 0) is 6.54 Å². The topological polar surface area (TPSA) is 28.2 Å². The number of rotatable bonds is 4. The normalized spacial score (nSPS) is 27.6. The third kappa shape index (κ3) is 3.27. The van der Waals surface area contributed by atoms with Crippen molar-refractivity contribution in [2.45, 2.75) is 58.2 Å². The lowest BCUT2D eigenvalue weighted by molar-refractivity contribution is 0.388. The summed E-state index contributed by atoms with van der Waals surface area (Å²) < 4.78 is 0. The van der Waals surface area contributed by atoms with E-state index >= 15 is 0 Å². The van der Waals surface area contributed by atoms with Crippen LogP contribution in [0, 0.1) is 5.92 Å². The van der Waals surface area contributed by atoms with E-state index in [4.69, 9.17) is 4.98 Å². The molecule has 104 valence electrons. The molecule has 2 aliphatic rings. The zero-order valence-electron chi connectivity index (χ0n) is 12.1. The predicted octanol–water partition coefficient (Wildman–Crippen LogP) is 2.96. The summed E-state index contributed by atoms with van der Waals surface area (Å²) in [5, 5.41) is 3.54. The number of pyridine rings is 1. The number of nitrogens with one attached hydrogen (secondary N) is 1. The Labute approximate surface area is 116 Å². The molecule has 0 amide bonds. The molecule has 2 heterocycles. The third-order valence-electron chi connectivity index (χ3n) is 4.35. The van der Waals surface area contributed by atoms with E-state index in [2.05, 4.69) is 42.3 Å². The molecule has 1 aliphatic carbocycles. The summed E-state index contributed by atoms with van der Waals surface area (Å²) in [5.41, 5.74) is 1.18. The number of hydrogen-bond acceptors (Lipinski definition) is 3. The van der Waals surface area contributed by atoms with Gasteiger partial charge in [-0.1, -0.05) is 13.0 Å². The van der Waals surface area contributed by atoms with Crippen LogP contribution in [0.4, 0.5) is 5.82 Å². The van der Waals surface area contributed by atoms with Crippen LogP contribution < -0.4 is 10.2 Å². The van der Waals surface area contributed by atoms with Gasteiger partial charge < -0.3 is 10.2 Å². The number of anilines is 1. The molecular formula is C16H25N3. The average Bonchev–Trinajstić information content (AvgIpc) is 3.24. The van der Waals surface area contributed by atoms with Crippen molar-refractivity contribution < 1.29 is 0 Å². The highest BCUT2D eigenvalue weighted by atomic mass is 15.2. The minimum Gasteiger partial charge on any atom is -0.354 e. The first kappa shape index (κ1) is 12.9. The maximum Gasteiger partial charge on any atom is 0.129 e. The Hall–Kier alpha value is -1.09. The molecular weight excluding hydrogens is 234 g/mol. The van der Waals surface area contributed by atoms with Crippen molar-refractivity contribution in [1.29, 1.82) is 0 Å². The fraction of sp³-hybridized carbons (Fsp3) is 0.688. The Bertz CT molecular complexity index is 428. The highest BCUT2D eigenvalue weighted by Crippen LogP contribution is 2.26. The monoisotopic (exact) mass is 259 g/mol. The molecule has 1 saturated carbocycles. The van der Waals surface area contributed by atoms with Crippen molar-refractivity contribution in [1.82, 2.24) is 10.3 Å². The Morgan fingerprint density at radius 3 is 2.84 bits per heavy atom. The van der Waals surface area contributed by atoms with Gasteiger partial charge in [-0.25, -0.2) is 4.98 Å². The zero-order valence-corrected chi connectivity index (χ0v) is 12.1. The van der Waals surface area contributed by atoms with Crippen LogP contribution in [0.5, 0.6) is 0 Å². The molecule has 0 aromatic carbocycles. The third-order valence-corrected chi connectivity index (χ3v) is 4.35. The van der Waals surface area contributed by atoms with Crippen molar-refractivity contribution in [3.05, 3.63) is 23.9 Å². The summed E-state index contributed by atoms with van der Waals surface area (Å²) in [4.78, 5) is 7.33. The van der Waals surface area contributed by atoms with Gasteiger partial charge >= 0.3 is 0 Å². The summed E-state index contributed by atoms with van der Waals surface area (Å²) in [6.07, 6.45) is 5.30. The van der Waals surface area contributed by atoms with E-state index in [1.54, 1.807) is 0 Å². The summed E-state index contributed by atoms with van der Waals surface area (Å²) in [5.74, 6) is 1.94. The average molecular weight is 259 g/mol. The molecule has 19 heavy (non-hydrogen) atoms. The van der Waals surface area contributed by atoms with Crippen LogP contribution in [0.2, 0.25) is 0 Å². The molecule has 1 N–H and O–H groups in total. The first-order valence-corrected chi connectivity index (χ1v) is 7.68.